The van der Waals surface area contributed by atoms with Crippen LogP contribution in [0.4, 0.5) is 13.2 Å². The zero-order valence-corrected chi connectivity index (χ0v) is 6.84. The summed E-state index contributed by atoms with van der Waals surface area (Å²) in [4.78, 5) is 1.14. The molecule has 0 amide bonds. The molecule has 0 aliphatic carbocycles. The Morgan fingerprint density at radius 1 is 1.50 bits per heavy atom. The molecule has 0 saturated carbocycles. The van der Waals surface area contributed by atoms with Gasteiger partial charge in [0.2, 0.25) is 6.17 Å². The van der Waals surface area contributed by atoms with E-state index >= 15 is 0 Å². The van der Waals surface area contributed by atoms with Crippen LogP contribution in [0.5, 0.6) is 0 Å². The highest BCUT2D eigenvalue weighted by Gasteiger charge is 2.47. The first-order chi connectivity index (χ1) is 5.46. The molecule has 3 nitrogen and oxygen atoms in total. The molecule has 0 aromatic rings. The molecule has 0 saturated heterocycles. The fourth-order valence-electron chi connectivity index (χ4n) is 1.14. The van der Waals surface area contributed by atoms with E-state index in [1.807, 2.05) is 0 Å². The number of rotatable bonds is 1. The lowest BCUT2D eigenvalue weighted by Gasteiger charge is -2.28. The lowest BCUT2D eigenvalue weighted by atomic mass is 10.4. The number of hydrazone groups is 1. The van der Waals surface area contributed by atoms with Crippen LogP contribution in [0.15, 0.2) is 5.10 Å². The van der Waals surface area contributed by atoms with Crippen molar-refractivity contribution in [3.63, 3.8) is 0 Å². The van der Waals surface area contributed by atoms with Crippen molar-refractivity contribution in [1.82, 2.24) is 9.91 Å². The zero-order chi connectivity index (χ0) is 9.35. The second kappa shape index (κ2) is 2.84. The lowest BCUT2D eigenvalue weighted by molar-refractivity contribution is -0.203. The maximum Gasteiger partial charge on any atom is 0.429 e. The average Bonchev–Trinajstić information content (AvgIpc) is 2.29. The average molecular weight is 181 g/mol. The lowest BCUT2D eigenvalue weighted by Crippen LogP contribution is -2.48. The van der Waals surface area contributed by atoms with Crippen LogP contribution in [0.3, 0.4) is 0 Å². The summed E-state index contributed by atoms with van der Waals surface area (Å²) in [7, 11) is 1.31. The molecule has 0 spiro atoms. The van der Waals surface area contributed by atoms with Crippen molar-refractivity contribution in [2.24, 2.45) is 5.10 Å². The van der Waals surface area contributed by atoms with Gasteiger partial charge >= 0.3 is 6.18 Å². The molecule has 0 bridgehead atoms. The van der Waals surface area contributed by atoms with Gasteiger partial charge in [-0.25, -0.2) is 0 Å². The highest BCUT2D eigenvalue weighted by atomic mass is 19.4. The third-order valence-electron chi connectivity index (χ3n) is 1.71. The van der Waals surface area contributed by atoms with Crippen molar-refractivity contribution in [3.8, 4) is 0 Å². The third kappa shape index (κ3) is 1.46. The second-order valence-electron chi connectivity index (χ2n) is 2.55. The largest absolute Gasteiger partial charge is 0.429 e. The summed E-state index contributed by atoms with van der Waals surface area (Å²) in [5, 5.41) is 4.46. The molecule has 0 N–H and O–H groups in total. The molecule has 0 radical (unpaired) electrons. The number of nitrogens with zero attached hydrogens (tertiary/aromatic N) is 3. The van der Waals surface area contributed by atoms with Gasteiger partial charge in [-0.05, 0) is 6.92 Å². The summed E-state index contributed by atoms with van der Waals surface area (Å²) in [6.45, 7) is 1.96. The number of hydrogen-bond acceptors (Lipinski definition) is 3. The highest BCUT2D eigenvalue weighted by Crippen LogP contribution is 2.28. The molecule has 1 atom stereocenters. The van der Waals surface area contributed by atoms with Crippen LogP contribution < -0.4 is 0 Å². The number of alkyl halides is 3. The maximum atomic E-state index is 12.3. The Morgan fingerprint density at radius 3 is 2.42 bits per heavy atom. The van der Waals surface area contributed by atoms with Crippen molar-refractivity contribution in [1.29, 1.82) is 0 Å². The fourth-order valence-corrected chi connectivity index (χ4v) is 1.14. The molecular weight excluding hydrogens is 171 g/mol. The molecule has 70 valence electrons. The van der Waals surface area contributed by atoms with Crippen molar-refractivity contribution in [2.45, 2.75) is 19.3 Å². The van der Waals surface area contributed by atoms with Crippen molar-refractivity contribution >= 4 is 6.34 Å². The van der Waals surface area contributed by atoms with Gasteiger partial charge in [0.1, 0.15) is 6.34 Å². The van der Waals surface area contributed by atoms with Gasteiger partial charge in [0.05, 0.1) is 0 Å². The summed E-state index contributed by atoms with van der Waals surface area (Å²) in [6, 6.07) is 0. The third-order valence-corrected chi connectivity index (χ3v) is 1.71. The van der Waals surface area contributed by atoms with Crippen LogP contribution in [0.1, 0.15) is 6.92 Å². The van der Waals surface area contributed by atoms with Gasteiger partial charge < -0.3 is 4.90 Å². The molecule has 1 heterocycles. The van der Waals surface area contributed by atoms with E-state index in [4.69, 9.17) is 0 Å². The standard InChI is InChI=1S/C6H10F3N3/c1-3-12-4-10-11(2)5(12)6(7,8)9/h4-5H,3H2,1-2H3. The Balaban J connectivity index is 2.75. The van der Waals surface area contributed by atoms with Crippen LogP contribution in [0.2, 0.25) is 0 Å². The van der Waals surface area contributed by atoms with Gasteiger partial charge in [-0.1, -0.05) is 0 Å². The highest BCUT2D eigenvalue weighted by molar-refractivity contribution is 5.57. The van der Waals surface area contributed by atoms with Crippen LogP contribution >= 0.6 is 0 Å². The number of halogens is 3. The minimum Gasteiger partial charge on any atom is -0.332 e. The van der Waals surface area contributed by atoms with Gasteiger partial charge in [0.25, 0.3) is 0 Å². The van der Waals surface area contributed by atoms with Crippen LogP contribution in [-0.4, -0.2) is 42.2 Å². The monoisotopic (exact) mass is 181 g/mol. The van der Waals surface area contributed by atoms with Crippen molar-refractivity contribution < 1.29 is 13.2 Å². The van der Waals surface area contributed by atoms with Gasteiger partial charge in [-0.3, -0.25) is 5.01 Å². The van der Waals surface area contributed by atoms with E-state index in [2.05, 4.69) is 5.10 Å². The molecule has 0 fully saturated rings. The smallest absolute Gasteiger partial charge is 0.332 e. The Morgan fingerprint density at radius 2 is 2.08 bits per heavy atom. The quantitative estimate of drug-likeness (QED) is 0.603. The normalized spacial score (nSPS) is 23.9. The Labute approximate surface area is 68.4 Å². The molecule has 1 unspecified atom stereocenters. The summed E-state index contributed by atoms with van der Waals surface area (Å²) in [5.41, 5.74) is 0. The molecule has 0 aromatic heterocycles. The molecule has 0 aromatic carbocycles. The Hall–Kier alpha value is -0.940. The van der Waals surface area contributed by atoms with E-state index in [1.165, 1.54) is 13.4 Å². The molecule has 6 heteroatoms. The summed E-state index contributed by atoms with van der Waals surface area (Å²) < 4.78 is 36.9. The predicted molar refractivity (Wildman–Crippen MR) is 38.5 cm³/mol. The van der Waals surface area contributed by atoms with Crippen LogP contribution in [0.25, 0.3) is 0 Å². The molecule has 1 rings (SSSR count). The zero-order valence-electron chi connectivity index (χ0n) is 6.84. The van der Waals surface area contributed by atoms with Gasteiger partial charge in [-0.15, -0.1) is 0 Å². The molecule has 1 aliphatic rings. The van der Waals surface area contributed by atoms with E-state index < -0.39 is 12.3 Å². The van der Waals surface area contributed by atoms with Gasteiger partial charge in [-0.2, -0.15) is 18.3 Å². The topological polar surface area (TPSA) is 18.8 Å². The SMILES string of the molecule is CCN1C=NN(C)C1C(F)(F)F. The fraction of sp³-hybridized carbons (Fsp3) is 0.833. The van der Waals surface area contributed by atoms with E-state index in [-0.39, 0.29) is 0 Å². The van der Waals surface area contributed by atoms with Gasteiger partial charge in [0.15, 0.2) is 0 Å². The first kappa shape index (κ1) is 9.15. The minimum absolute atomic E-state index is 0.304. The Kier molecular flexibility index (Phi) is 2.16. The summed E-state index contributed by atoms with van der Waals surface area (Å²) in [5.74, 6) is 0. The molecular formula is C6H10F3N3. The van der Waals surface area contributed by atoms with Gasteiger partial charge in [0, 0.05) is 13.6 Å². The summed E-state index contributed by atoms with van der Waals surface area (Å²) >= 11 is 0. The second-order valence-corrected chi connectivity index (χ2v) is 2.55. The minimum atomic E-state index is -4.25. The van der Waals surface area contributed by atoms with E-state index in [9.17, 15) is 13.2 Å². The van der Waals surface area contributed by atoms with Crippen LogP contribution in [0, 0.1) is 0 Å². The molecule has 1 aliphatic heterocycles. The van der Waals surface area contributed by atoms with Crippen LogP contribution in [-0.2, 0) is 0 Å². The van der Waals surface area contributed by atoms with Crippen molar-refractivity contribution in [3.05, 3.63) is 0 Å². The predicted octanol–water partition coefficient (Wildman–Crippen LogP) is 1.09. The Bertz CT molecular complexity index is 189. The van der Waals surface area contributed by atoms with E-state index in [0.29, 0.717) is 6.54 Å². The maximum absolute atomic E-state index is 12.3. The first-order valence-corrected chi connectivity index (χ1v) is 3.56. The van der Waals surface area contributed by atoms with E-state index in [0.717, 1.165) is 9.91 Å². The van der Waals surface area contributed by atoms with Crippen molar-refractivity contribution in [2.75, 3.05) is 13.6 Å². The first-order valence-electron chi connectivity index (χ1n) is 3.56. The number of hydrogen-bond donors (Lipinski definition) is 0. The molecule has 12 heavy (non-hydrogen) atoms. The van der Waals surface area contributed by atoms with E-state index in [1.54, 1.807) is 6.92 Å². The summed E-state index contributed by atoms with van der Waals surface area (Å²) in [6.07, 6.45) is -4.64.